The number of thioether (sulfide) groups is 1. The first-order valence-corrected chi connectivity index (χ1v) is 12.4. The largest absolute Gasteiger partial charge is 0.465 e. The van der Waals surface area contributed by atoms with Crippen LogP contribution in [0.2, 0.25) is 5.02 Å². The highest BCUT2D eigenvalue weighted by Crippen LogP contribution is 2.39. The molecule has 4 rings (SSSR count). The van der Waals surface area contributed by atoms with E-state index >= 15 is 0 Å². The number of hydrogen-bond acceptors (Lipinski definition) is 8. The Hall–Kier alpha value is -2.52. The number of thiazole rings is 1. The summed E-state index contributed by atoms with van der Waals surface area (Å²) in [6.07, 6.45) is 1.98. The second-order valence-electron chi connectivity index (χ2n) is 6.25. The number of aromatic nitrogens is 1. The topological polar surface area (TPSA) is 60.5 Å². The summed E-state index contributed by atoms with van der Waals surface area (Å²) in [5, 5.41) is 6.72. The van der Waals surface area contributed by atoms with E-state index in [9.17, 15) is 4.79 Å². The van der Waals surface area contributed by atoms with E-state index in [4.69, 9.17) is 21.1 Å². The molecule has 5 nitrogen and oxygen atoms in total. The molecule has 0 spiro atoms. The number of rotatable bonds is 7. The SMILES string of the molecule is COC(=O)c1cc(-c2csc(Nc3ccc(Oc4ccc(Cl)cc4)cc3)n2)c(SC)s1. The fraction of sp³-hybridized carbons (Fsp3) is 0.0909. The first-order chi connectivity index (χ1) is 15.1. The highest BCUT2D eigenvalue weighted by Gasteiger charge is 2.18. The molecule has 0 saturated carbocycles. The molecule has 0 aliphatic heterocycles. The maximum atomic E-state index is 11.9. The maximum absolute atomic E-state index is 11.9. The number of carbonyl (C=O) groups is 1. The van der Waals surface area contributed by atoms with Crippen molar-refractivity contribution in [2.45, 2.75) is 4.21 Å². The smallest absolute Gasteiger partial charge is 0.348 e. The van der Waals surface area contributed by atoms with Crippen LogP contribution in [0, 0.1) is 0 Å². The van der Waals surface area contributed by atoms with Crippen LogP contribution in [0.25, 0.3) is 11.3 Å². The number of ether oxygens (including phenoxy) is 2. The molecule has 0 bridgehead atoms. The molecule has 158 valence electrons. The van der Waals surface area contributed by atoms with Crippen molar-refractivity contribution in [1.29, 1.82) is 0 Å². The summed E-state index contributed by atoms with van der Waals surface area (Å²) in [7, 11) is 1.39. The van der Waals surface area contributed by atoms with Crippen LogP contribution < -0.4 is 10.1 Å². The van der Waals surface area contributed by atoms with Gasteiger partial charge in [-0.3, -0.25) is 0 Å². The van der Waals surface area contributed by atoms with Gasteiger partial charge in [0.15, 0.2) is 5.13 Å². The molecule has 0 amide bonds. The molecule has 0 atom stereocenters. The lowest BCUT2D eigenvalue weighted by Crippen LogP contribution is -1.96. The van der Waals surface area contributed by atoms with Crippen molar-refractivity contribution in [3.63, 3.8) is 0 Å². The van der Waals surface area contributed by atoms with E-state index in [1.165, 1.54) is 29.8 Å². The Labute approximate surface area is 197 Å². The second-order valence-corrected chi connectivity index (χ2v) is 9.67. The van der Waals surface area contributed by atoms with E-state index in [1.807, 2.05) is 54.1 Å². The predicted molar refractivity (Wildman–Crippen MR) is 130 cm³/mol. The van der Waals surface area contributed by atoms with Crippen LogP contribution >= 0.6 is 46.0 Å². The zero-order chi connectivity index (χ0) is 21.8. The van der Waals surface area contributed by atoms with Crippen molar-refractivity contribution in [3.05, 3.63) is 69.9 Å². The van der Waals surface area contributed by atoms with Gasteiger partial charge >= 0.3 is 5.97 Å². The summed E-state index contributed by atoms with van der Waals surface area (Å²) >= 11 is 10.4. The van der Waals surface area contributed by atoms with Crippen molar-refractivity contribution in [2.24, 2.45) is 0 Å². The van der Waals surface area contributed by atoms with E-state index in [0.717, 1.165) is 37.8 Å². The molecule has 31 heavy (non-hydrogen) atoms. The Morgan fingerprint density at radius 3 is 2.42 bits per heavy atom. The number of hydrogen-bond donors (Lipinski definition) is 1. The van der Waals surface area contributed by atoms with Gasteiger partial charge in [0, 0.05) is 21.7 Å². The lowest BCUT2D eigenvalue weighted by molar-refractivity contribution is 0.0606. The molecular formula is C22H17ClN2O3S3. The molecule has 0 saturated heterocycles. The lowest BCUT2D eigenvalue weighted by atomic mass is 10.2. The molecule has 9 heteroatoms. The summed E-state index contributed by atoms with van der Waals surface area (Å²) in [5.74, 6) is 1.12. The van der Waals surface area contributed by atoms with Gasteiger partial charge in [-0.1, -0.05) is 11.6 Å². The molecule has 1 N–H and O–H groups in total. The third-order valence-corrected chi connectivity index (χ3v) is 7.47. The Morgan fingerprint density at radius 1 is 1.10 bits per heavy atom. The van der Waals surface area contributed by atoms with Crippen LogP contribution in [-0.2, 0) is 4.74 Å². The van der Waals surface area contributed by atoms with E-state index in [0.29, 0.717) is 9.90 Å². The number of anilines is 2. The molecule has 0 fully saturated rings. The van der Waals surface area contributed by atoms with Crippen LogP contribution in [-0.4, -0.2) is 24.3 Å². The number of nitrogens with one attached hydrogen (secondary N) is 1. The van der Waals surface area contributed by atoms with Gasteiger partial charge in [0.05, 0.1) is 17.0 Å². The Balaban J connectivity index is 1.46. The number of benzene rings is 2. The van der Waals surface area contributed by atoms with Crippen molar-refractivity contribution >= 4 is 62.8 Å². The van der Waals surface area contributed by atoms with Crippen LogP contribution in [0.1, 0.15) is 9.67 Å². The molecule has 2 aromatic heterocycles. The minimum absolute atomic E-state index is 0.332. The maximum Gasteiger partial charge on any atom is 0.348 e. The Bertz CT molecular complexity index is 1190. The normalized spacial score (nSPS) is 10.7. The van der Waals surface area contributed by atoms with Gasteiger partial charge in [0.25, 0.3) is 0 Å². The molecule has 4 aromatic rings. The predicted octanol–water partition coefficient (Wildman–Crippen LogP) is 7.57. The van der Waals surface area contributed by atoms with Crippen molar-refractivity contribution < 1.29 is 14.3 Å². The van der Waals surface area contributed by atoms with Gasteiger partial charge in [0.1, 0.15) is 16.4 Å². The van der Waals surface area contributed by atoms with Gasteiger partial charge in [0.2, 0.25) is 0 Å². The van der Waals surface area contributed by atoms with E-state index in [1.54, 1.807) is 23.9 Å². The number of nitrogens with zero attached hydrogens (tertiary/aromatic N) is 1. The zero-order valence-corrected chi connectivity index (χ0v) is 19.8. The molecule has 2 heterocycles. The van der Waals surface area contributed by atoms with Gasteiger partial charge in [-0.2, -0.15) is 0 Å². The van der Waals surface area contributed by atoms with Gasteiger partial charge < -0.3 is 14.8 Å². The number of thiophene rings is 1. The molecule has 0 radical (unpaired) electrons. The van der Waals surface area contributed by atoms with Crippen molar-refractivity contribution in [1.82, 2.24) is 4.98 Å². The van der Waals surface area contributed by atoms with Gasteiger partial charge in [-0.05, 0) is 60.9 Å². The Kier molecular flexibility index (Phi) is 6.82. The van der Waals surface area contributed by atoms with Crippen LogP contribution in [0.4, 0.5) is 10.8 Å². The highest BCUT2D eigenvalue weighted by molar-refractivity contribution is 8.00. The summed E-state index contributed by atoms with van der Waals surface area (Å²) < 4.78 is 11.7. The Morgan fingerprint density at radius 2 is 1.77 bits per heavy atom. The molecule has 0 aliphatic rings. The van der Waals surface area contributed by atoms with E-state index in [-0.39, 0.29) is 5.97 Å². The molecule has 0 aliphatic carbocycles. The summed E-state index contributed by atoms with van der Waals surface area (Å²) in [6.45, 7) is 0. The van der Waals surface area contributed by atoms with Gasteiger partial charge in [-0.25, -0.2) is 9.78 Å². The molecular weight excluding hydrogens is 472 g/mol. The third-order valence-electron chi connectivity index (χ3n) is 4.21. The van der Waals surface area contributed by atoms with Crippen molar-refractivity contribution in [2.75, 3.05) is 18.7 Å². The molecule has 2 aromatic carbocycles. The number of halogens is 1. The third kappa shape index (κ3) is 5.22. The quantitative estimate of drug-likeness (QED) is 0.214. The van der Waals surface area contributed by atoms with E-state index < -0.39 is 0 Å². The first-order valence-electron chi connectivity index (χ1n) is 9.08. The van der Waals surface area contributed by atoms with Crippen LogP contribution in [0.15, 0.2) is 64.2 Å². The monoisotopic (exact) mass is 488 g/mol. The summed E-state index contributed by atoms with van der Waals surface area (Å²) in [4.78, 5) is 17.1. The van der Waals surface area contributed by atoms with E-state index in [2.05, 4.69) is 10.3 Å². The first kappa shape index (κ1) is 21.7. The average Bonchev–Trinajstić information content (AvgIpc) is 3.43. The number of methoxy groups -OCH3 is 1. The molecule has 0 unspecified atom stereocenters. The standard InChI is InChI=1S/C22H17ClN2O3S3/c1-27-20(26)19-11-17(21(29-2)31-19)18-12-30-22(25-18)24-14-5-9-16(10-6-14)28-15-7-3-13(23)4-8-15/h3-12H,1-2H3,(H,24,25). The van der Waals surface area contributed by atoms with Gasteiger partial charge in [-0.15, -0.1) is 34.4 Å². The lowest BCUT2D eigenvalue weighted by Gasteiger charge is -2.07. The van der Waals surface area contributed by atoms with Crippen molar-refractivity contribution in [3.8, 4) is 22.8 Å². The van der Waals surface area contributed by atoms with Crippen LogP contribution in [0.5, 0.6) is 11.5 Å². The number of carbonyl (C=O) groups excluding carboxylic acids is 1. The highest BCUT2D eigenvalue weighted by atomic mass is 35.5. The fourth-order valence-corrected chi connectivity index (χ4v) is 5.39. The average molecular weight is 489 g/mol. The zero-order valence-electron chi connectivity index (χ0n) is 16.5. The fourth-order valence-electron chi connectivity index (χ4n) is 2.73. The second kappa shape index (κ2) is 9.74. The minimum atomic E-state index is -0.332. The van der Waals surface area contributed by atoms with Crippen LogP contribution in [0.3, 0.4) is 0 Å². The summed E-state index contributed by atoms with van der Waals surface area (Å²) in [5.41, 5.74) is 2.66. The minimum Gasteiger partial charge on any atom is -0.465 e. The number of esters is 1. The summed E-state index contributed by atoms with van der Waals surface area (Å²) in [6, 6.07) is 16.7.